The molecule has 0 aromatic heterocycles. The fraction of sp³-hybridized carbons (Fsp3) is 0.636. The SMILES string of the molecule is CNC(C(=O)NC(C(=O)N(C)C(/C=C(\C)C(=O)NC(CCSC)C(=O)OC)C(C)C)C(C)(C)C)C(C)(C)c1ccccc1. The normalized spacial score (nSPS) is 15.2. The van der Waals surface area contributed by atoms with E-state index in [-0.39, 0.29) is 17.7 Å². The van der Waals surface area contributed by atoms with Crippen molar-refractivity contribution in [1.82, 2.24) is 20.9 Å². The number of hydrogen-bond donors (Lipinski definition) is 3. The number of ether oxygens (including phenoxy) is 1. The molecule has 9 nitrogen and oxygen atoms in total. The zero-order valence-electron chi connectivity index (χ0n) is 28.2. The number of rotatable bonds is 15. The van der Waals surface area contributed by atoms with E-state index < -0.39 is 46.9 Å². The van der Waals surface area contributed by atoms with Crippen LogP contribution in [0, 0.1) is 11.3 Å². The lowest BCUT2D eigenvalue weighted by Crippen LogP contribution is -2.61. The molecule has 43 heavy (non-hydrogen) atoms. The monoisotopic (exact) mass is 618 g/mol. The molecule has 242 valence electrons. The van der Waals surface area contributed by atoms with E-state index in [9.17, 15) is 19.2 Å². The van der Waals surface area contributed by atoms with Crippen LogP contribution in [-0.4, -0.2) is 86.0 Å². The standard InChI is InChI=1S/C33H54N4O5S/c1-21(2)25(20-22(3)28(38)35-24(18-19-43-12)31(41)42-11)37(10)30(40)27(32(4,5)6)36-29(39)26(34-9)33(7,8)23-16-14-13-15-17-23/h13-17,20-21,24-27,34H,18-19H2,1-12H3,(H,35,38)(H,36,39)/b22-20+. The molecule has 4 atom stereocenters. The van der Waals surface area contributed by atoms with Crippen LogP contribution in [0.25, 0.3) is 0 Å². The number of nitrogens with one attached hydrogen (secondary N) is 3. The van der Waals surface area contributed by atoms with Gasteiger partial charge in [-0.25, -0.2) is 4.79 Å². The van der Waals surface area contributed by atoms with E-state index in [0.29, 0.717) is 17.7 Å². The largest absolute Gasteiger partial charge is 0.467 e. The second-order valence-electron chi connectivity index (χ2n) is 13.0. The minimum Gasteiger partial charge on any atom is -0.467 e. The fourth-order valence-corrected chi connectivity index (χ4v) is 5.53. The van der Waals surface area contributed by atoms with Crippen molar-refractivity contribution in [2.24, 2.45) is 11.3 Å². The van der Waals surface area contributed by atoms with Gasteiger partial charge >= 0.3 is 5.97 Å². The minimum absolute atomic E-state index is 0.0389. The lowest BCUT2D eigenvalue weighted by molar-refractivity contribution is -0.144. The first-order valence-electron chi connectivity index (χ1n) is 14.8. The van der Waals surface area contributed by atoms with Crippen LogP contribution in [0.15, 0.2) is 42.0 Å². The number of carbonyl (C=O) groups excluding carboxylic acids is 4. The Bertz CT molecular complexity index is 1110. The summed E-state index contributed by atoms with van der Waals surface area (Å²) in [6.07, 6.45) is 4.12. The molecule has 4 unspecified atom stereocenters. The molecule has 0 aliphatic carbocycles. The van der Waals surface area contributed by atoms with E-state index in [2.05, 4.69) is 16.0 Å². The number of likely N-dealkylation sites (N-methyl/N-ethyl adjacent to an activating group) is 2. The average Bonchev–Trinajstić information content (AvgIpc) is 2.95. The summed E-state index contributed by atoms with van der Waals surface area (Å²) in [4.78, 5) is 54.7. The predicted octanol–water partition coefficient (Wildman–Crippen LogP) is 3.92. The molecular weight excluding hydrogens is 564 g/mol. The van der Waals surface area contributed by atoms with Crippen molar-refractivity contribution in [3.05, 3.63) is 47.5 Å². The van der Waals surface area contributed by atoms with Gasteiger partial charge in [0.1, 0.15) is 12.1 Å². The second-order valence-corrected chi connectivity index (χ2v) is 14.0. The van der Waals surface area contributed by atoms with E-state index in [4.69, 9.17) is 4.74 Å². The molecule has 1 rings (SSSR count). The molecule has 3 N–H and O–H groups in total. The van der Waals surface area contributed by atoms with Gasteiger partial charge < -0.3 is 25.6 Å². The van der Waals surface area contributed by atoms with Crippen molar-refractivity contribution in [3.8, 4) is 0 Å². The molecule has 0 spiro atoms. The third-order valence-electron chi connectivity index (χ3n) is 7.85. The quantitative estimate of drug-likeness (QED) is 0.202. The fourth-order valence-electron chi connectivity index (χ4n) is 5.06. The Morgan fingerprint density at radius 1 is 1.00 bits per heavy atom. The minimum atomic E-state index is -0.827. The summed E-state index contributed by atoms with van der Waals surface area (Å²) in [5, 5.41) is 8.99. The number of methoxy groups -OCH3 is 1. The van der Waals surface area contributed by atoms with Crippen LogP contribution in [0.4, 0.5) is 0 Å². The molecule has 0 radical (unpaired) electrons. The summed E-state index contributed by atoms with van der Waals surface area (Å²) < 4.78 is 4.87. The zero-order chi connectivity index (χ0) is 33.1. The van der Waals surface area contributed by atoms with Crippen molar-refractivity contribution < 1.29 is 23.9 Å². The Balaban J connectivity index is 3.28. The molecule has 0 aliphatic heterocycles. The molecule has 1 aromatic rings. The topological polar surface area (TPSA) is 117 Å². The van der Waals surface area contributed by atoms with Crippen molar-refractivity contribution in [1.29, 1.82) is 0 Å². The summed E-state index contributed by atoms with van der Waals surface area (Å²) in [6.45, 7) is 15.4. The van der Waals surface area contributed by atoms with E-state index in [1.165, 1.54) is 7.11 Å². The van der Waals surface area contributed by atoms with Gasteiger partial charge in [-0.1, -0.05) is 84.9 Å². The van der Waals surface area contributed by atoms with E-state index in [0.717, 1.165) is 5.56 Å². The maximum atomic E-state index is 14.1. The van der Waals surface area contributed by atoms with Crippen molar-refractivity contribution in [2.75, 3.05) is 33.2 Å². The smallest absolute Gasteiger partial charge is 0.328 e. The van der Waals surface area contributed by atoms with Crippen LogP contribution in [0.1, 0.15) is 67.4 Å². The first-order valence-corrected chi connectivity index (χ1v) is 16.2. The number of carbonyl (C=O) groups is 4. The van der Waals surface area contributed by atoms with Crippen LogP contribution >= 0.6 is 11.8 Å². The maximum Gasteiger partial charge on any atom is 0.328 e. The number of amides is 3. The number of nitrogens with zero attached hydrogens (tertiary/aromatic N) is 1. The van der Waals surface area contributed by atoms with Crippen LogP contribution in [0.3, 0.4) is 0 Å². The van der Waals surface area contributed by atoms with Crippen LogP contribution < -0.4 is 16.0 Å². The van der Waals surface area contributed by atoms with Crippen LogP contribution in [0.2, 0.25) is 0 Å². The van der Waals surface area contributed by atoms with E-state index >= 15 is 0 Å². The van der Waals surface area contributed by atoms with Gasteiger partial charge in [0.05, 0.1) is 19.2 Å². The van der Waals surface area contributed by atoms with Crippen molar-refractivity contribution in [2.45, 2.75) is 91.4 Å². The highest BCUT2D eigenvalue weighted by molar-refractivity contribution is 7.98. The molecular formula is C33H54N4O5S. The van der Waals surface area contributed by atoms with Gasteiger partial charge in [0.15, 0.2) is 0 Å². The molecule has 1 aromatic carbocycles. The van der Waals surface area contributed by atoms with Gasteiger partial charge in [-0.2, -0.15) is 11.8 Å². The second kappa shape index (κ2) is 16.9. The molecule has 10 heteroatoms. The van der Waals surface area contributed by atoms with Crippen LogP contribution in [0.5, 0.6) is 0 Å². The van der Waals surface area contributed by atoms with E-state index in [1.54, 1.807) is 43.8 Å². The number of benzene rings is 1. The third kappa shape index (κ3) is 10.7. The third-order valence-corrected chi connectivity index (χ3v) is 8.49. The average molecular weight is 619 g/mol. The highest BCUT2D eigenvalue weighted by atomic mass is 32.2. The molecule has 0 saturated carbocycles. The molecule has 0 heterocycles. The Morgan fingerprint density at radius 3 is 2.05 bits per heavy atom. The zero-order valence-corrected chi connectivity index (χ0v) is 29.0. The van der Waals surface area contributed by atoms with E-state index in [1.807, 2.05) is 85.1 Å². The lowest BCUT2D eigenvalue weighted by Gasteiger charge is -2.40. The summed E-state index contributed by atoms with van der Waals surface area (Å²) in [7, 11) is 4.73. The lowest BCUT2D eigenvalue weighted by atomic mass is 9.76. The van der Waals surface area contributed by atoms with Crippen LogP contribution in [-0.2, 0) is 29.3 Å². The summed E-state index contributed by atoms with van der Waals surface area (Å²) in [6, 6.07) is 7.18. The first-order chi connectivity index (χ1) is 19.9. The summed E-state index contributed by atoms with van der Waals surface area (Å²) in [5.74, 6) is -0.785. The highest BCUT2D eigenvalue weighted by Crippen LogP contribution is 2.29. The Labute approximate surface area is 263 Å². The van der Waals surface area contributed by atoms with Gasteiger partial charge in [0.2, 0.25) is 17.7 Å². The van der Waals surface area contributed by atoms with Gasteiger partial charge in [-0.3, -0.25) is 14.4 Å². The van der Waals surface area contributed by atoms with Gasteiger partial charge in [0.25, 0.3) is 0 Å². The maximum absolute atomic E-state index is 14.1. The molecule has 0 bridgehead atoms. The highest BCUT2D eigenvalue weighted by Gasteiger charge is 2.41. The van der Waals surface area contributed by atoms with Gasteiger partial charge in [-0.05, 0) is 49.3 Å². The summed E-state index contributed by atoms with van der Waals surface area (Å²) in [5.41, 5.74) is 0.233. The predicted molar refractivity (Wildman–Crippen MR) is 176 cm³/mol. The van der Waals surface area contributed by atoms with Gasteiger partial charge in [-0.15, -0.1) is 0 Å². The number of thioether (sulfide) groups is 1. The molecule has 0 fully saturated rings. The Kier molecular flexibility index (Phi) is 15.0. The first kappa shape index (κ1) is 38.2. The van der Waals surface area contributed by atoms with Crippen molar-refractivity contribution in [3.63, 3.8) is 0 Å². The Morgan fingerprint density at radius 2 is 1.58 bits per heavy atom. The molecule has 0 aliphatic rings. The molecule has 3 amide bonds. The number of esters is 1. The Hall–Kier alpha value is -2.85. The van der Waals surface area contributed by atoms with Gasteiger partial charge in [0, 0.05) is 18.0 Å². The molecule has 0 saturated heterocycles. The number of hydrogen-bond acceptors (Lipinski definition) is 7. The summed E-state index contributed by atoms with van der Waals surface area (Å²) >= 11 is 1.58. The van der Waals surface area contributed by atoms with Crippen molar-refractivity contribution >= 4 is 35.5 Å².